The Morgan fingerprint density at radius 3 is 2.64 bits per heavy atom. The molecule has 1 saturated heterocycles. The van der Waals surface area contributed by atoms with Gasteiger partial charge in [0, 0.05) is 11.6 Å². The Labute approximate surface area is 167 Å². The lowest BCUT2D eigenvalue weighted by molar-refractivity contribution is -0.0762. The van der Waals surface area contributed by atoms with E-state index in [1.165, 1.54) is 34.7 Å². The smallest absolute Gasteiger partial charge is 0.153 e. The van der Waals surface area contributed by atoms with Gasteiger partial charge in [-0.2, -0.15) is 0 Å². The molecule has 0 radical (unpaired) electrons. The molecule has 0 aromatic heterocycles. The van der Waals surface area contributed by atoms with Crippen LogP contribution in [0.1, 0.15) is 49.3 Å². The maximum atomic E-state index is 6.61. The summed E-state index contributed by atoms with van der Waals surface area (Å²) in [6.45, 7) is 3.95. The molecule has 0 spiro atoms. The van der Waals surface area contributed by atoms with Gasteiger partial charge in [-0.05, 0) is 54.5 Å². The minimum atomic E-state index is 0.155. The molecule has 3 aromatic rings. The predicted molar refractivity (Wildman–Crippen MR) is 116 cm³/mol. The quantitative estimate of drug-likeness (QED) is 0.489. The van der Waals surface area contributed by atoms with E-state index < -0.39 is 0 Å². The van der Waals surface area contributed by atoms with E-state index in [1.54, 1.807) is 0 Å². The van der Waals surface area contributed by atoms with E-state index in [0.29, 0.717) is 6.04 Å². The van der Waals surface area contributed by atoms with Gasteiger partial charge in [0.2, 0.25) is 0 Å². The van der Waals surface area contributed by atoms with Crippen LogP contribution in [0.2, 0.25) is 0 Å². The second-order valence-electron chi connectivity index (χ2n) is 7.98. The van der Waals surface area contributed by atoms with Gasteiger partial charge in [0.15, 0.2) is 6.23 Å². The van der Waals surface area contributed by atoms with E-state index in [9.17, 15) is 0 Å². The minimum Gasteiger partial charge on any atom is -0.475 e. The highest BCUT2D eigenvalue weighted by Gasteiger charge is 2.43. The van der Waals surface area contributed by atoms with Gasteiger partial charge in [-0.1, -0.05) is 66.7 Å². The van der Waals surface area contributed by atoms with Crippen molar-refractivity contribution < 1.29 is 4.74 Å². The first-order valence-corrected chi connectivity index (χ1v) is 10.5. The summed E-state index contributed by atoms with van der Waals surface area (Å²) in [6.07, 6.45) is 7.97. The number of benzene rings is 3. The molecule has 2 heteroatoms. The molecule has 28 heavy (non-hydrogen) atoms. The Bertz CT molecular complexity index is 980. The first-order chi connectivity index (χ1) is 13.9. The number of nitrogens with zero attached hydrogens (tertiary/aromatic N) is 1. The van der Waals surface area contributed by atoms with Crippen LogP contribution in [0.3, 0.4) is 0 Å². The highest BCUT2D eigenvalue weighted by molar-refractivity contribution is 5.89. The van der Waals surface area contributed by atoms with Crippen LogP contribution < -0.4 is 4.74 Å². The number of fused-ring (bicyclic) bond motifs is 4. The monoisotopic (exact) mass is 369 g/mol. The molecule has 2 aliphatic rings. The normalized spacial score (nSPS) is 24.2. The largest absolute Gasteiger partial charge is 0.475 e. The van der Waals surface area contributed by atoms with Crippen molar-refractivity contribution in [1.29, 1.82) is 0 Å². The first-order valence-electron chi connectivity index (χ1n) is 10.5. The fourth-order valence-electron chi connectivity index (χ4n) is 5.09. The number of piperidine rings is 1. The van der Waals surface area contributed by atoms with Gasteiger partial charge in [-0.3, -0.25) is 4.90 Å². The third-order valence-corrected chi connectivity index (χ3v) is 6.33. The molecule has 142 valence electrons. The van der Waals surface area contributed by atoms with Crippen molar-refractivity contribution in [2.24, 2.45) is 0 Å². The summed E-state index contributed by atoms with van der Waals surface area (Å²) >= 11 is 0. The lowest BCUT2D eigenvalue weighted by atomic mass is 9.85. The summed E-state index contributed by atoms with van der Waals surface area (Å²) in [6, 6.07) is 24.8. The van der Waals surface area contributed by atoms with Gasteiger partial charge in [0.05, 0.1) is 6.04 Å². The second kappa shape index (κ2) is 7.44. The third-order valence-electron chi connectivity index (χ3n) is 6.33. The van der Waals surface area contributed by atoms with Crippen LogP contribution in [0, 0.1) is 0 Å². The van der Waals surface area contributed by atoms with E-state index in [4.69, 9.17) is 4.74 Å². The van der Waals surface area contributed by atoms with Crippen molar-refractivity contribution in [3.05, 3.63) is 90.5 Å². The average Bonchev–Trinajstić information content (AvgIpc) is 2.76. The van der Waals surface area contributed by atoms with Gasteiger partial charge >= 0.3 is 0 Å². The number of rotatable bonds is 4. The molecule has 0 amide bonds. The number of hydrogen-bond acceptors (Lipinski definition) is 2. The predicted octanol–water partition coefficient (Wildman–Crippen LogP) is 6.47. The van der Waals surface area contributed by atoms with Crippen LogP contribution in [-0.4, -0.2) is 17.2 Å². The summed E-state index contributed by atoms with van der Waals surface area (Å²) in [5.74, 6) is 1.05. The molecule has 0 N–H and O–H groups in total. The zero-order chi connectivity index (χ0) is 18.9. The van der Waals surface area contributed by atoms with E-state index in [-0.39, 0.29) is 12.3 Å². The summed E-state index contributed by atoms with van der Waals surface area (Å²) in [4.78, 5) is 2.66. The lowest BCUT2D eigenvalue weighted by Crippen LogP contribution is -2.53. The molecule has 0 unspecified atom stereocenters. The lowest BCUT2D eigenvalue weighted by Gasteiger charge is -2.50. The average molecular weight is 370 g/mol. The molecule has 5 rings (SSSR count). The van der Waals surface area contributed by atoms with Crippen LogP contribution in [0.25, 0.3) is 10.8 Å². The second-order valence-corrected chi connectivity index (χ2v) is 7.98. The Balaban J connectivity index is 1.72. The van der Waals surface area contributed by atoms with Crippen LogP contribution in [0.4, 0.5) is 0 Å². The maximum absolute atomic E-state index is 6.61. The number of allylic oxidation sites excluding steroid dienone is 1. The first kappa shape index (κ1) is 17.5. The molecule has 3 aromatic carbocycles. The fraction of sp³-hybridized carbons (Fsp3) is 0.308. The van der Waals surface area contributed by atoms with E-state index >= 15 is 0 Å². The van der Waals surface area contributed by atoms with Gasteiger partial charge < -0.3 is 4.74 Å². The molecular formula is C26H27NO. The Morgan fingerprint density at radius 2 is 1.79 bits per heavy atom. The minimum absolute atomic E-state index is 0.155. The molecule has 2 heterocycles. The van der Waals surface area contributed by atoms with Crippen LogP contribution in [-0.2, 0) is 0 Å². The van der Waals surface area contributed by atoms with E-state index in [2.05, 4.69) is 84.3 Å². The van der Waals surface area contributed by atoms with Crippen molar-refractivity contribution in [2.45, 2.75) is 50.4 Å². The van der Waals surface area contributed by atoms with Gasteiger partial charge in [-0.25, -0.2) is 0 Å². The van der Waals surface area contributed by atoms with Crippen LogP contribution in [0.15, 0.2) is 79.4 Å². The van der Waals surface area contributed by atoms with Crippen LogP contribution >= 0.6 is 0 Å². The number of ether oxygens (including phenoxy) is 1. The Kier molecular flexibility index (Phi) is 4.66. The summed E-state index contributed by atoms with van der Waals surface area (Å²) < 4.78 is 6.61. The fourth-order valence-corrected chi connectivity index (χ4v) is 5.09. The Morgan fingerprint density at radius 1 is 0.964 bits per heavy atom. The molecular weight excluding hydrogens is 342 g/mol. The summed E-state index contributed by atoms with van der Waals surface area (Å²) in [5.41, 5.74) is 2.69. The molecule has 0 aliphatic carbocycles. The highest BCUT2D eigenvalue weighted by atomic mass is 16.5. The van der Waals surface area contributed by atoms with Crippen molar-refractivity contribution in [3.63, 3.8) is 0 Å². The van der Waals surface area contributed by atoms with E-state index in [1.807, 2.05) is 0 Å². The molecule has 0 saturated carbocycles. The van der Waals surface area contributed by atoms with Crippen LogP contribution in [0.5, 0.6) is 5.75 Å². The molecule has 0 bridgehead atoms. The van der Waals surface area contributed by atoms with Crippen molar-refractivity contribution in [2.75, 3.05) is 0 Å². The topological polar surface area (TPSA) is 12.5 Å². The van der Waals surface area contributed by atoms with Crippen molar-refractivity contribution in [1.82, 2.24) is 4.90 Å². The molecule has 1 fully saturated rings. The van der Waals surface area contributed by atoms with Crippen molar-refractivity contribution >= 4 is 10.8 Å². The molecule has 2 nitrogen and oxygen atoms in total. The zero-order valence-corrected chi connectivity index (χ0v) is 16.3. The third kappa shape index (κ3) is 2.93. The Hall–Kier alpha value is -2.58. The summed E-state index contributed by atoms with van der Waals surface area (Å²) in [5, 5.41) is 2.59. The van der Waals surface area contributed by atoms with Gasteiger partial charge in [-0.15, -0.1) is 6.58 Å². The highest BCUT2D eigenvalue weighted by Crippen LogP contribution is 2.48. The zero-order valence-electron chi connectivity index (χ0n) is 16.3. The number of hydrogen-bond donors (Lipinski definition) is 0. The standard InChI is InChI=1S/C26H27NO/c1-2-3-13-21-14-9-16-24-27(21)26(20-11-5-4-6-12-20)25-22-15-8-7-10-19(22)17-18-23(25)28-24/h2,4-8,10-12,15,17-18,21,24,26H,1,3,9,13-14,16H2/t21-,24+,26-/m0/s1. The van der Waals surface area contributed by atoms with Gasteiger partial charge in [0.1, 0.15) is 5.75 Å². The van der Waals surface area contributed by atoms with Crippen molar-refractivity contribution in [3.8, 4) is 5.75 Å². The maximum Gasteiger partial charge on any atom is 0.153 e. The molecule has 2 aliphatic heterocycles. The van der Waals surface area contributed by atoms with E-state index in [0.717, 1.165) is 25.0 Å². The molecule has 3 atom stereocenters. The van der Waals surface area contributed by atoms with Gasteiger partial charge in [0.25, 0.3) is 0 Å². The summed E-state index contributed by atoms with van der Waals surface area (Å²) in [7, 11) is 0. The SMILES string of the molecule is C=CCC[C@H]1CCC[C@H]2Oc3ccc4ccccc4c3[C@H](c3ccccc3)N12.